The quantitative estimate of drug-likeness (QED) is 0.124. The van der Waals surface area contributed by atoms with Crippen molar-refractivity contribution in [2.75, 3.05) is 57.0 Å². The number of aliphatic hydroxyl groups is 1. The number of hydrogen-bond acceptors (Lipinski definition) is 9. The molecule has 1 unspecified atom stereocenters. The maximum atomic E-state index is 13.2. The van der Waals surface area contributed by atoms with Gasteiger partial charge in [0.05, 0.1) is 11.8 Å². The van der Waals surface area contributed by atoms with Crippen LogP contribution in [0.2, 0.25) is 0 Å². The zero-order valence-electron chi connectivity index (χ0n) is 29.7. The van der Waals surface area contributed by atoms with Gasteiger partial charge in [-0.3, -0.25) is 14.9 Å². The van der Waals surface area contributed by atoms with Gasteiger partial charge in [0.25, 0.3) is 11.8 Å². The van der Waals surface area contributed by atoms with Gasteiger partial charge in [0, 0.05) is 63.0 Å². The molecular formula is C41H45N5O7. The molecule has 0 radical (unpaired) electrons. The van der Waals surface area contributed by atoms with Crippen LogP contribution in [0.1, 0.15) is 40.4 Å². The molecule has 4 atom stereocenters. The number of likely N-dealkylation sites (tertiary alicyclic amines) is 1. The number of benzene rings is 4. The Balaban J connectivity index is 0.817. The van der Waals surface area contributed by atoms with Crippen LogP contribution in [-0.4, -0.2) is 90.4 Å². The number of carbonyl (C=O) groups excluding carboxylic acids is 3. The summed E-state index contributed by atoms with van der Waals surface area (Å²) in [6.45, 7) is 3.74. The Labute approximate surface area is 308 Å². The topological polar surface area (TPSA) is 153 Å². The number of likely N-dealkylation sites (N-methyl/N-ethyl adjacent to an activating group) is 1. The lowest BCUT2D eigenvalue weighted by atomic mass is 10.0. The van der Waals surface area contributed by atoms with Gasteiger partial charge in [-0.2, -0.15) is 0 Å². The maximum Gasteiger partial charge on any atom is 0.411 e. The Bertz CT molecular complexity index is 1930. The van der Waals surface area contributed by atoms with Gasteiger partial charge in [-0.05, 0) is 66.1 Å². The van der Waals surface area contributed by atoms with E-state index in [1.807, 2.05) is 85.9 Å². The molecule has 2 aliphatic heterocycles. The number of hydrogen-bond donors (Lipinski definition) is 5. The first kappa shape index (κ1) is 36.0. The Morgan fingerprint density at radius 2 is 1.70 bits per heavy atom. The number of aliphatic hydroxyl groups excluding tert-OH is 1. The summed E-state index contributed by atoms with van der Waals surface area (Å²) in [5.41, 5.74) is 4.90. The molecule has 3 amide bonds. The predicted octanol–water partition coefficient (Wildman–Crippen LogP) is 5.24. The number of amides is 3. The zero-order valence-corrected chi connectivity index (χ0v) is 29.7. The van der Waals surface area contributed by atoms with E-state index >= 15 is 0 Å². The fraction of sp³-hybridized carbons (Fsp3) is 0.341. The van der Waals surface area contributed by atoms with E-state index in [4.69, 9.17) is 9.47 Å². The van der Waals surface area contributed by atoms with Crippen molar-refractivity contribution in [3.05, 3.63) is 108 Å². The van der Waals surface area contributed by atoms with Crippen LogP contribution in [0, 0.1) is 11.8 Å². The summed E-state index contributed by atoms with van der Waals surface area (Å²) in [5, 5.41) is 29.6. The van der Waals surface area contributed by atoms with Crippen molar-refractivity contribution >= 4 is 29.3 Å². The molecule has 0 spiro atoms. The largest absolute Gasteiger partial charge is 0.506 e. The third-order valence-electron chi connectivity index (χ3n) is 10.4. The number of phenols is 1. The van der Waals surface area contributed by atoms with Crippen molar-refractivity contribution in [2.45, 2.75) is 31.6 Å². The van der Waals surface area contributed by atoms with Crippen LogP contribution in [0.5, 0.6) is 11.5 Å². The summed E-state index contributed by atoms with van der Waals surface area (Å²) in [6, 6.07) is 28.1. The molecule has 7 rings (SSSR count). The fourth-order valence-electron chi connectivity index (χ4n) is 7.65. The number of carbonyl (C=O) groups is 3. The summed E-state index contributed by atoms with van der Waals surface area (Å²) in [7, 11) is 1.83. The number of para-hydroxylation sites is 1. The predicted molar refractivity (Wildman–Crippen MR) is 201 cm³/mol. The van der Waals surface area contributed by atoms with E-state index < -0.39 is 12.2 Å². The van der Waals surface area contributed by atoms with Crippen LogP contribution in [0.3, 0.4) is 0 Å². The third kappa shape index (κ3) is 8.46. The highest BCUT2D eigenvalue weighted by Gasteiger charge is 2.42. The first-order valence-electron chi connectivity index (χ1n) is 18.1. The Morgan fingerprint density at radius 1 is 0.981 bits per heavy atom. The van der Waals surface area contributed by atoms with Crippen LogP contribution >= 0.6 is 0 Å². The monoisotopic (exact) mass is 719 g/mol. The number of aromatic hydroxyl groups is 1. The molecule has 0 bridgehead atoms. The van der Waals surface area contributed by atoms with E-state index in [0.717, 1.165) is 54.9 Å². The minimum Gasteiger partial charge on any atom is -0.506 e. The highest BCUT2D eigenvalue weighted by atomic mass is 16.6. The molecule has 12 heteroatoms. The second-order valence-corrected chi connectivity index (χ2v) is 14.1. The molecule has 1 aliphatic carbocycles. The summed E-state index contributed by atoms with van der Waals surface area (Å²) in [6.07, 6.45) is 0.233. The summed E-state index contributed by atoms with van der Waals surface area (Å²) >= 11 is 0. The van der Waals surface area contributed by atoms with Crippen LogP contribution in [-0.2, 0) is 16.1 Å². The maximum absolute atomic E-state index is 13.2. The molecule has 12 nitrogen and oxygen atoms in total. The van der Waals surface area contributed by atoms with Gasteiger partial charge in [-0.15, -0.1) is 0 Å². The molecule has 4 aromatic rings. The first-order chi connectivity index (χ1) is 25.7. The van der Waals surface area contributed by atoms with E-state index in [9.17, 15) is 24.6 Å². The van der Waals surface area contributed by atoms with Gasteiger partial charge in [-0.25, -0.2) is 4.79 Å². The number of nitrogens with zero attached hydrogens (tertiary/aromatic N) is 2. The number of nitrogens with one attached hydrogen (secondary N) is 3. The van der Waals surface area contributed by atoms with E-state index in [0.29, 0.717) is 36.1 Å². The third-order valence-corrected chi connectivity index (χ3v) is 10.4. The number of rotatable bonds is 12. The van der Waals surface area contributed by atoms with Crippen LogP contribution in [0.4, 0.5) is 16.2 Å². The SMILES string of the molecule is CN(CCN1C[C@H]2CC(OC(=O)Nc3ccccc3-c3ccccc3)C[C@H]2C1)C(=O)c1ccc(CNC[C@H](O)c2ccc(O)c3c2OCC(=O)N3)cc1. The average Bonchev–Trinajstić information content (AvgIpc) is 3.73. The van der Waals surface area contributed by atoms with Crippen molar-refractivity contribution in [1.82, 2.24) is 15.1 Å². The fourth-order valence-corrected chi connectivity index (χ4v) is 7.65. The number of phenolic OH excluding ortho intramolecular Hbond substituents is 1. The first-order valence-corrected chi connectivity index (χ1v) is 18.1. The van der Waals surface area contributed by atoms with Crippen molar-refractivity contribution in [2.24, 2.45) is 11.8 Å². The highest BCUT2D eigenvalue weighted by Crippen LogP contribution is 2.42. The molecular weight excluding hydrogens is 674 g/mol. The van der Waals surface area contributed by atoms with Gasteiger partial charge < -0.3 is 40.1 Å². The number of ether oxygens (including phenoxy) is 2. The molecule has 53 heavy (non-hydrogen) atoms. The Hall–Kier alpha value is -5.43. The van der Waals surface area contributed by atoms with Crippen LogP contribution < -0.4 is 20.7 Å². The van der Waals surface area contributed by atoms with Crippen LogP contribution in [0.15, 0.2) is 91.0 Å². The van der Waals surface area contributed by atoms with Gasteiger partial charge in [0.15, 0.2) is 12.4 Å². The Kier molecular flexibility index (Phi) is 10.9. The van der Waals surface area contributed by atoms with Crippen molar-refractivity contribution in [3.63, 3.8) is 0 Å². The lowest BCUT2D eigenvalue weighted by molar-refractivity contribution is -0.118. The lowest BCUT2D eigenvalue weighted by Gasteiger charge is -2.24. The zero-order chi connectivity index (χ0) is 36.9. The van der Waals surface area contributed by atoms with E-state index in [1.54, 1.807) is 11.0 Å². The van der Waals surface area contributed by atoms with Crippen molar-refractivity contribution in [3.8, 4) is 22.6 Å². The van der Waals surface area contributed by atoms with Gasteiger partial charge in [0.1, 0.15) is 17.5 Å². The van der Waals surface area contributed by atoms with Crippen molar-refractivity contribution < 1.29 is 34.1 Å². The molecule has 1 saturated heterocycles. The van der Waals surface area contributed by atoms with E-state index in [2.05, 4.69) is 20.9 Å². The second kappa shape index (κ2) is 16.1. The van der Waals surface area contributed by atoms with E-state index in [-0.39, 0.29) is 48.3 Å². The highest BCUT2D eigenvalue weighted by molar-refractivity contribution is 5.97. The molecule has 1 saturated carbocycles. The smallest absolute Gasteiger partial charge is 0.411 e. The molecule has 276 valence electrons. The molecule has 3 aliphatic rings. The minimum absolute atomic E-state index is 0.0446. The second-order valence-electron chi connectivity index (χ2n) is 14.1. The Morgan fingerprint density at radius 3 is 2.45 bits per heavy atom. The lowest BCUT2D eigenvalue weighted by Crippen LogP contribution is -2.36. The molecule has 4 aromatic carbocycles. The summed E-state index contributed by atoms with van der Waals surface area (Å²) in [4.78, 5) is 41.9. The molecule has 2 heterocycles. The van der Waals surface area contributed by atoms with Gasteiger partial charge >= 0.3 is 6.09 Å². The normalized spacial score (nSPS) is 19.7. The number of anilines is 2. The number of fused-ring (bicyclic) bond motifs is 2. The van der Waals surface area contributed by atoms with Gasteiger partial charge in [-0.1, -0.05) is 60.7 Å². The average molecular weight is 720 g/mol. The van der Waals surface area contributed by atoms with Crippen molar-refractivity contribution in [1.29, 1.82) is 0 Å². The summed E-state index contributed by atoms with van der Waals surface area (Å²) < 4.78 is 11.4. The standard InChI is InChI=1S/C41H45N5O7/c1-45(40(50)28-13-11-26(12-14-28)21-42-22-36(48)33-15-16-35(47)38-39(33)52-25-37(49)44-38)17-18-46-23-29-19-31(20-30(29)24-46)53-41(51)43-34-10-6-5-9-32(34)27-7-3-2-4-8-27/h2-16,29-31,36,42,47-48H,17-25H2,1H3,(H,43,51)(H,44,49)/t29-,30+,31?,36-/m0/s1. The molecule has 0 aromatic heterocycles. The van der Waals surface area contributed by atoms with Crippen LogP contribution in [0.25, 0.3) is 11.1 Å². The minimum atomic E-state index is -0.931. The summed E-state index contributed by atoms with van der Waals surface area (Å²) in [5.74, 6) is 0.662. The molecule has 5 N–H and O–H groups in total. The van der Waals surface area contributed by atoms with Gasteiger partial charge in [0.2, 0.25) is 0 Å². The molecule has 2 fully saturated rings. The van der Waals surface area contributed by atoms with E-state index in [1.165, 1.54) is 6.07 Å².